The standard InChI is InChI=1S/C12H12BrNO4S/c13-10-3-1-8(19-10)2-4-11(15)14-5-6-18-7-9(14)12(16)17/h1-4,9H,5-7H2,(H,16,17)/b4-2-/t9-/m0/s1. The first-order chi connectivity index (χ1) is 9.08. The van der Waals surface area contributed by atoms with Gasteiger partial charge >= 0.3 is 5.97 Å². The van der Waals surface area contributed by atoms with Gasteiger partial charge in [-0.25, -0.2) is 4.79 Å². The Kier molecular flexibility index (Phi) is 4.73. The van der Waals surface area contributed by atoms with E-state index in [2.05, 4.69) is 15.9 Å². The van der Waals surface area contributed by atoms with Crippen molar-refractivity contribution in [2.45, 2.75) is 6.04 Å². The van der Waals surface area contributed by atoms with E-state index in [0.29, 0.717) is 13.2 Å². The van der Waals surface area contributed by atoms with Crippen LogP contribution in [-0.2, 0) is 14.3 Å². The van der Waals surface area contributed by atoms with Crippen LogP contribution in [0.3, 0.4) is 0 Å². The molecular weight excluding hydrogens is 334 g/mol. The van der Waals surface area contributed by atoms with Gasteiger partial charge in [-0.15, -0.1) is 11.3 Å². The molecule has 1 N–H and O–H groups in total. The third-order valence-corrected chi connectivity index (χ3v) is 4.27. The van der Waals surface area contributed by atoms with E-state index >= 15 is 0 Å². The fourth-order valence-electron chi connectivity index (χ4n) is 1.74. The number of carboxylic acids is 1. The van der Waals surface area contributed by atoms with E-state index in [0.717, 1.165) is 8.66 Å². The first-order valence-corrected chi connectivity index (χ1v) is 7.23. The molecule has 1 fully saturated rings. The number of amides is 1. The number of aliphatic carboxylic acids is 1. The summed E-state index contributed by atoms with van der Waals surface area (Å²) < 4.78 is 6.07. The molecule has 102 valence electrons. The van der Waals surface area contributed by atoms with Gasteiger partial charge in [0.2, 0.25) is 5.91 Å². The second kappa shape index (κ2) is 6.31. The van der Waals surface area contributed by atoms with E-state index in [1.165, 1.54) is 22.3 Å². The molecule has 0 aliphatic carbocycles. The Balaban J connectivity index is 2.05. The lowest BCUT2D eigenvalue weighted by molar-refractivity contribution is -0.156. The predicted molar refractivity (Wildman–Crippen MR) is 75.0 cm³/mol. The summed E-state index contributed by atoms with van der Waals surface area (Å²) >= 11 is 4.84. The minimum atomic E-state index is -1.04. The molecule has 2 rings (SSSR count). The number of carboxylic acid groups (broad SMARTS) is 1. The zero-order chi connectivity index (χ0) is 13.8. The van der Waals surface area contributed by atoms with Crippen molar-refractivity contribution in [3.63, 3.8) is 0 Å². The van der Waals surface area contributed by atoms with Crippen molar-refractivity contribution in [2.24, 2.45) is 0 Å². The molecule has 19 heavy (non-hydrogen) atoms. The van der Waals surface area contributed by atoms with E-state index < -0.39 is 12.0 Å². The molecule has 0 aromatic carbocycles. The van der Waals surface area contributed by atoms with Crippen LogP contribution in [-0.4, -0.2) is 47.7 Å². The number of ether oxygens (including phenoxy) is 1. The molecule has 1 aliphatic heterocycles. The van der Waals surface area contributed by atoms with Crippen molar-refractivity contribution in [1.82, 2.24) is 4.90 Å². The molecule has 1 amide bonds. The number of nitrogens with zero attached hydrogens (tertiary/aromatic N) is 1. The summed E-state index contributed by atoms with van der Waals surface area (Å²) in [6.07, 6.45) is 3.09. The minimum Gasteiger partial charge on any atom is -0.480 e. The quantitative estimate of drug-likeness (QED) is 0.848. The average molecular weight is 346 g/mol. The number of rotatable bonds is 3. The third-order valence-electron chi connectivity index (χ3n) is 2.68. The zero-order valence-corrected chi connectivity index (χ0v) is 12.3. The molecule has 1 aliphatic rings. The number of carbonyl (C=O) groups excluding carboxylic acids is 1. The second-order valence-corrected chi connectivity index (χ2v) is 6.43. The summed E-state index contributed by atoms with van der Waals surface area (Å²) in [7, 11) is 0. The number of hydrogen-bond donors (Lipinski definition) is 1. The summed E-state index contributed by atoms with van der Waals surface area (Å²) in [5, 5.41) is 9.04. The summed E-state index contributed by atoms with van der Waals surface area (Å²) in [5.41, 5.74) is 0. The molecule has 1 atom stereocenters. The van der Waals surface area contributed by atoms with Gasteiger partial charge in [0.15, 0.2) is 6.04 Å². The lowest BCUT2D eigenvalue weighted by Gasteiger charge is -2.31. The second-order valence-electron chi connectivity index (χ2n) is 3.94. The highest BCUT2D eigenvalue weighted by Gasteiger charge is 2.31. The molecule has 0 bridgehead atoms. The average Bonchev–Trinajstić information content (AvgIpc) is 2.81. The highest BCUT2D eigenvalue weighted by atomic mass is 79.9. The van der Waals surface area contributed by atoms with E-state index in [9.17, 15) is 9.59 Å². The largest absolute Gasteiger partial charge is 0.480 e. The summed E-state index contributed by atoms with van der Waals surface area (Å²) in [5.74, 6) is -1.35. The van der Waals surface area contributed by atoms with Crippen LogP contribution in [0.15, 0.2) is 22.0 Å². The van der Waals surface area contributed by atoms with Crippen molar-refractivity contribution < 1.29 is 19.4 Å². The Morgan fingerprint density at radius 2 is 2.32 bits per heavy atom. The maximum absolute atomic E-state index is 12.0. The molecule has 5 nitrogen and oxygen atoms in total. The van der Waals surface area contributed by atoms with Gasteiger partial charge in [0.1, 0.15) is 0 Å². The Morgan fingerprint density at radius 1 is 1.53 bits per heavy atom. The maximum atomic E-state index is 12.0. The maximum Gasteiger partial charge on any atom is 0.328 e. The van der Waals surface area contributed by atoms with Crippen LogP contribution in [0.2, 0.25) is 0 Å². The van der Waals surface area contributed by atoms with Gasteiger partial charge in [-0.05, 0) is 34.1 Å². The van der Waals surface area contributed by atoms with E-state index in [-0.39, 0.29) is 12.5 Å². The Hall–Kier alpha value is -1.18. The lowest BCUT2D eigenvalue weighted by Crippen LogP contribution is -2.52. The van der Waals surface area contributed by atoms with E-state index in [1.54, 1.807) is 6.08 Å². The van der Waals surface area contributed by atoms with Gasteiger partial charge in [-0.2, -0.15) is 0 Å². The van der Waals surface area contributed by atoms with Crippen LogP contribution in [0.1, 0.15) is 4.88 Å². The highest BCUT2D eigenvalue weighted by Crippen LogP contribution is 2.23. The van der Waals surface area contributed by atoms with Gasteiger partial charge in [0.25, 0.3) is 0 Å². The number of morpholine rings is 1. The molecule has 1 aromatic heterocycles. The van der Waals surface area contributed by atoms with Crippen LogP contribution < -0.4 is 0 Å². The fraction of sp³-hybridized carbons (Fsp3) is 0.333. The van der Waals surface area contributed by atoms with Gasteiger partial charge in [-0.1, -0.05) is 0 Å². The number of carbonyl (C=O) groups is 2. The zero-order valence-electron chi connectivity index (χ0n) is 9.91. The molecule has 0 radical (unpaired) electrons. The summed E-state index contributed by atoms with van der Waals surface area (Å²) in [6.45, 7) is 0.710. The van der Waals surface area contributed by atoms with Gasteiger partial charge in [-0.3, -0.25) is 4.79 Å². The van der Waals surface area contributed by atoms with Gasteiger partial charge < -0.3 is 14.7 Å². The van der Waals surface area contributed by atoms with Gasteiger partial charge in [0, 0.05) is 17.5 Å². The van der Waals surface area contributed by atoms with E-state index in [1.807, 2.05) is 12.1 Å². The Morgan fingerprint density at radius 3 is 2.95 bits per heavy atom. The van der Waals surface area contributed by atoms with Crippen molar-refractivity contribution >= 4 is 45.2 Å². The van der Waals surface area contributed by atoms with Crippen molar-refractivity contribution in [1.29, 1.82) is 0 Å². The number of halogens is 1. The monoisotopic (exact) mass is 345 g/mol. The topological polar surface area (TPSA) is 66.8 Å². The number of hydrogen-bond acceptors (Lipinski definition) is 4. The lowest BCUT2D eigenvalue weighted by atomic mass is 10.2. The third kappa shape index (κ3) is 3.65. The first kappa shape index (κ1) is 14.2. The Bertz CT molecular complexity index is 514. The van der Waals surface area contributed by atoms with Crippen molar-refractivity contribution in [3.8, 4) is 0 Å². The highest BCUT2D eigenvalue weighted by molar-refractivity contribution is 9.11. The minimum absolute atomic E-state index is 0.0411. The predicted octanol–water partition coefficient (Wildman–Crippen LogP) is 1.84. The van der Waals surface area contributed by atoms with Crippen LogP contribution in [0.5, 0.6) is 0 Å². The van der Waals surface area contributed by atoms with Crippen molar-refractivity contribution in [3.05, 3.63) is 26.9 Å². The Labute approximate surface area is 122 Å². The normalized spacial score (nSPS) is 19.8. The first-order valence-electron chi connectivity index (χ1n) is 5.62. The molecule has 2 heterocycles. The molecule has 7 heteroatoms. The molecule has 1 aromatic rings. The fourth-order valence-corrected chi connectivity index (χ4v) is 3.07. The molecule has 1 saturated heterocycles. The van der Waals surface area contributed by atoms with Crippen molar-refractivity contribution in [2.75, 3.05) is 19.8 Å². The number of thiophene rings is 1. The molecule has 0 saturated carbocycles. The van der Waals surface area contributed by atoms with Gasteiger partial charge in [0.05, 0.1) is 17.0 Å². The smallest absolute Gasteiger partial charge is 0.328 e. The summed E-state index contributed by atoms with van der Waals surface area (Å²) in [6, 6.07) is 2.87. The molecule has 0 unspecified atom stereocenters. The molecular formula is C12H12BrNO4S. The molecule has 0 spiro atoms. The van der Waals surface area contributed by atoms with Crippen LogP contribution in [0, 0.1) is 0 Å². The van der Waals surface area contributed by atoms with Crippen LogP contribution >= 0.6 is 27.3 Å². The SMILES string of the molecule is O=C(O)[C@@H]1COCCN1C(=O)/C=C\c1ccc(Br)s1. The van der Waals surface area contributed by atoms with E-state index in [4.69, 9.17) is 9.84 Å². The van der Waals surface area contributed by atoms with Crippen LogP contribution in [0.25, 0.3) is 6.08 Å². The summed E-state index contributed by atoms with van der Waals surface area (Å²) in [4.78, 5) is 25.3. The van der Waals surface area contributed by atoms with Crippen LogP contribution in [0.4, 0.5) is 0 Å².